The first kappa shape index (κ1) is 14.3. The van der Waals surface area contributed by atoms with Crippen LogP contribution in [0.25, 0.3) is 55.6 Å². The topological polar surface area (TPSA) is 70.5 Å². The van der Waals surface area contributed by atoms with E-state index >= 15 is 0 Å². The minimum absolute atomic E-state index is 0.789. The predicted octanol–water partition coefficient (Wildman–Crippen LogP) is 5.52. The molecule has 0 unspecified atom stereocenters. The molecule has 5 nitrogen and oxygen atoms in total. The van der Waals surface area contributed by atoms with Crippen LogP contribution in [0, 0.1) is 0 Å². The lowest BCUT2D eigenvalue weighted by molar-refractivity contribution is 0.602. The van der Waals surface area contributed by atoms with Crippen molar-refractivity contribution in [1.29, 1.82) is 0 Å². The van der Waals surface area contributed by atoms with E-state index in [2.05, 4.69) is 62.4 Å². The molecule has 0 bridgehead atoms. The summed E-state index contributed by atoms with van der Waals surface area (Å²) in [6.07, 6.45) is 3.27. The number of pyridine rings is 1. The van der Waals surface area contributed by atoms with Crippen molar-refractivity contribution in [2.45, 2.75) is 0 Å². The third kappa shape index (κ3) is 2.25. The average molecular weight is 350 g/mol. The molecule has 0 radical (unpaired) electrons. The number of hydrogen-bond acceptors (Lipinski definition) is 3. The van der Waals surface area contributed by atoms with Crippen LogP contribution in [-0.2, 0) is 0 Å². The third-order valence-electron chi connectivity index (χ3n) is 4.97. The summed E-state index contributed by atoms with van der Waals surface area (Å²) in [6.45, 7) is 0. The van der Waals surface area contributed by atoms with Crippen LogP contribution in [0.3, 0.4) is 0 Å². The number of nitrogens with zero attached hydrogens (tertiary/aromatic N) is 2. The molecule has 27 heavy (non-hydrogen) atoms. The number of hydrogen-bond donors (Lipinski definition) is 2. The first-order chi connectivity index (χ1) is 13.3. The highest BCUT2D eigenvalue weighted by Crippen LogP contribution is 2.30. The lowest BCUT2D eigenvalue weighted by Gasteiger charge is -1.98. The third-order valence-corrected chi connectivity index (χ3v) is 4.97. The van der Waals surface area contributed by atoms with Gasteiger partial charge in [-0.2, -0.15) is 0 Å². The predicted molar refractivity (Wildman–Crippen MR) is 106 cm³/mol. The van der Waals surface area contributed by atoms with Crippen molar-refractivity contribution in [1.82, 2.24) is 19.9 Å². The smallest absolute Gasteiger partial charge is 0.181 e. The van der Waals surface area contributed by atoms with Gasteiger partial charge in [0.15, 0.2) is 12.0 Å². The summed E-state index contributed by atoms with van der Waals surface area (Å²) in [6, 6.07) is 20.8. The van der Waals surface area contributed by atoms with Crippen LogP contribution in [0.2, 0.25) is 0 Å². The van der Waals surface area contributed by atoms with Crippen molar-refractivity contribution in [2.24, 2.45) is 0 Å². The van der Waals surface area contributed by atoms with Crippen LogP contribution in [0.15, 0.2) is 77.7 Å². The minimum Gasteiger partial charge on any atom is -0.443 e. The van der Waals surface area contributed by atoms with Gasteiger partial charge in [-0.05, 0) is 54.1 Å². The van der Waals surface area contributed by atoms with Gasteiger partial charge >= 0.3 is 0 Å². The molecule has 5 heteroatoms. The number of oxazole rings is 1. The van der Waals surface area contributed by atoms with Crippen molar-refractivity contribution in [3.8, 4) is 22.5 Å². The fourth-order valence-corrected chi connectivity index (χ4v) is 3.59. The van der Waals surface area contributed by atoms with E-state index in [1.807, 2.05) is 18.2 Å². The van der Waals surface area contributed by atoms with Crippen LogP contribution in [-0.4, -0.2) is 19.9 Å². The highest BCUT2D eigenvalue weighted by molar-refractivity contribution is 5.92. The molecule has 4 aromatic heterocycles. The van der Waals surface area contributed by atoms with Gasteiger partial charge in [-0.3, -0.25) is 0 Å². The lowest BCUT2D eigenvalue weighted by Crippen LogP contribution is -1.78. The molecule has 4 heterocycles. The van der Waals surface area contributed by atoms with Crippen molar-refractivity contribution in [3.63, 3.8) is 0 Å². The van der Waals surface area contributed by atoms with Gasteiger partial charge in [-0.25, -0.2) is 9.97 Å². The second-order valence-corrected chi connectivity index (χ2v) is 6.64. The highest BCUT2D eigenvalue weighted by atomic mass is 16.3. The number of benzene rings is 2. The highest BCUT2D eigenvalue weighted by Gasteiger charge is 2.09. The van der Waals surface area contributed by atoms with E-state index in [4.69, 9.17) is 4.42 Å². The molecule has 0 aliphatic heterocycles. The Morgan fingerprint density at radius 2 is 1.59 bits per heavy atom. The number of aromatic nitrogens is 4. The summed E-state index contributed by atoms with van der Waals surface area (Å²) < 4.78 is 5.42. The number of fused-ring (bicyclic) bond motifs is 3. The second kappa shape index (κ2) is 5.32. The van der Waals surface area contributed by atoms with E-state index in [0.29, 0.717) is 0 Å². The largest absolute Gasteiger partial charge is 0.443 e. The minimum atomic E-state index is 0.789. The van der Waals surface area contributed by atoms with Gasteiger partial charge in [-0.15, -0.1) is 0 Å². The zero-order chi connectivity index (χ0) is 17.8. The van der Waals surface area contributed by atoms with Gasteiger partial charge in [0.1, 0.15) is 11.2 Å². The molecule has 0 amide bonds. The molecule has 0 fully saturated rings. The Morgan fingerprint density at radius 3 is 2.56 bits per heavy atom. The Morgan fingerprint density at radius 1 is 0.741 bits per heavy atom. The van der Waals surface area contributed by atoms with Crippen LogP contribution < -0.4 is 0 Å². The molecule has 6 aromatic rings. The maximum atomic E-state index is 5.42. The number of rotatable bonds is 2. The molecular formula is C22H14N4O. The Hall–Kier alpha value is -3.86. The van der Waals surface area contributed by atoms with Gasteiger partial charge in [0.25, 0.3) is 0 Å². The quantitative estimate of drug-likeness (QED) is 0.432. The fraction of sp³-hybridized carbons (Fsp3) is 0. The normalized spacial score (nSPS) is 11.7. The Bertz CT molecular complexity index is 1400. The Kier molecular flexibility index (Phi) is 2.82. The standard InChI is InChI=1S/C22H14N4O/c1-2-15-9-20(26-22(15)23-7-1)13-3-5-17-16(8-13)10-19(25-17)14-4-6-18-21(11-14)27-12-24-18/h1-12,25H,(H,23,26). The molecular weight excluding hydrogens is 336 g/mol. The zero-order valence-corrected chi connectivity index (χ0v) is 14.2. The summed E-state index contributed by atoms with van der Waals surface area (Å²) in [5.41, 5.74) is 7.99. The van der Waals surface area contributed by atoms with Gasteiger partial charge in [-0.1, -0.05) is 12.1 Å². The van der Waals surface area contributed by atoms with E-state index in [1.54, 1.807) is 6.20 Å². The Balaban J connectivity index is 1.46. The molecule has 0 aliphatic rings. The summed E-state index contributed by atoms with van der Waals surface area (Å²) in [7, 11) is 0. The van der Waals surface area contributed by atoms with Gasteiger partial charge in [0, 0.05) is 39.4 Å². The van der Waals surface area contributed by atoms with Crippen LogP contribution in [0.5, 0.6) is 0 Å². The summed E-state index contributed by atoms with van der Waals surface area (Å²) in [5.74, 6) is 0. The molecule has 0 saturated heterocycles. The van der Waals surface area contributed by atoms with Gasteiger partial charge in [0.2, 0.25) is 0 Å². The van der Waals surface area contributed by atoms with Crippen molar-refractivity contribution in [2.75, 3.05) is 0 Å². The van der Waals surface area contributed by atoms with Crippen molar-refractivity contribution < 1.29 is 4.42 Å². The number of H-pyrrole nitrogens is 2. The number of aromatic amines is 2. The van der Waals surface area contributed by atoms with E-state index in [0.717, 1.165) is 55.6 Å². The number of nitrogens with one attached hydrogen (secondary N) is 2. The summed E-state index contributed by atoms with van der Waals surface area (Å²) in [5, 5.41) is 2.27. The molecule has 2 aromatic carbocycles. The molecule has 2 N–H and O–H groups in total. The molecule has 0 saturated carbocycles. The second-order valence-electron chi connectivity index (χ2n) is 6.64. The molecule has 0 aliphatic carbocycles. The molecule has 0 atom stereocenters. The van der Waals surface area contributed by atoms with Crippen LogP contribution >= 0.6 is 0 Å². The SMILES string of the molecule is c1cnc2[nH]c(-c3ccc4[nH]c(-c5ccc6ncoc6c5)cc4c3)cc2c1. The monoisotopic (exact) mass is 350 g/mol. The fourth-order valence-electron chi connectivity index (χ4n) is 3.59. The maximum Gasteiger partial charge on any atom is 0.181 e. The van der Waals surface area contributed by atoms with Gasteiger partial charge in [0.05, 0.1) is 0 Å². The molecule has 0 spiro atoms. The first-order valence-corrected chi connectivity index (χ1v) is 8.74. The van der Waals surface area contributed by atoms with Crippen LogP contribution in [0.4, 0.5) is 0 Å². The van der Waals surface area contributed by atoms with Crippen LogP contribution in [0.1, 0.15) is 0 Å². The zero-order valence-electron chi connectivity index (χ0n) is 14.2. The first-order valence-electron chi connectivity index (χ1n) is 8.74. The van der Waals surface area contributed by atoms with E-state index in [9.17, 15) is 0 Å². The lowest BCUT2D eigenvalue weighted by atomic mass is 10.1. The van der Waals surface area contributed by atoms with E-state index < -0.39 is 0 Å². The van der Waals surface area contributed by atoms with Crippen molar-refractivity contribution in [3.05, 3.63) is 73.3 Å². The van der Waals surface area contributed by atoms with E-state index in [1.165, 1.54) is 6.39 Å². The van der Waals surface area contributed by atoms with E-state index in [-0.39, 0.29) is 0 Å². The average Bonchev–Trinajstić information content (AvgIpc) is 3.42. The maximum absolute atomic E-state index is 5.42. The summed E-state index contributed by atoms with van der Waals surface area (Å²) in [4.78, 5) is 15.4. The molecule has 128 valence electrons. The van der Waals surface area contributed by atoms with Gasteiger partial charge < -0.3 is 14.4 Å². The summed E-state index contributed by atoms with van der Waals surface area (Å²) >= 11 is 0. The molecule has 6 rings (SSSR count). The van der Waals surface area contributed by atoms with Crippen molar-refractivity contribution >= 4 is 33.0 Å². The Labute approximate surface area is 153 Å².